The highest BCUT2D eigenvalue weighted by molar-refractivity contribution is 9.10. The summed E-state index contributed by atoms with van der Waals surface area (Å²) < 4.78 is 2.31. The highest BCUT2D eigenvalue weighted by Crippen LogP contribution is 2.33. The third kappa shape index (κ3) is 2.78. The number of hydrogen-bond acceptors (Lipinski definition) is 5. The minimum Gasteiger partial charge on any atom is -0.508 e. The van der Waals surface area contributed by atoms with E-state index in [0.717, 1.165) is 10.2 Å². The Morgan fingerprint density at radius 3 is 2.91 bits per heavy atom. The molecule has 23 heavy (non-hydrogen) atoms. The monoisotopic (exact) mass is 375 g/mol. The number of nitrogens with zero attached hydrogens (tertiary/aromatic N) is 3. The molecule has 0 saturated carbocycles. The van der Waals surface area contributed by atoms with Gasteiger partial charge in [-0.15, -0.1) is 0 Å². The van der Waals surface area contributed by atoms with Gasteiger partial charge in [0.2, 0.25) is 5.91 Å². The lowest BCUT2D eigenvalue weighted by Gasteiger charge is -2.17. The zero-order valence-corrected chi connectivity index (χ0v) is 13.8. The quantitative estimate of drug-likeness (QED) is 0.366. The first-order valence-electron chi connectivity index (χ1n) is 6.81. The molecule has 2 heterocycles. The molecule has 0 bridgehead atoms. The van der Waals surface area contributed by atoms with Crippen LogP contribution in [-0.4, -0.2) is 25.6 Å². The van der Waals surface area contributed by atoms with Gasteiger partial charge < -0.3 is 5.11 Å². The predicted octanol–water partition coefficient (Wildman–Crippen LogP) is 1.63. The summed E-state index contributed by atoms with van der Waals surface area (Å²) in [6.45, 7) is 1.85. The van der Waals surface area contributed by atoms with Gasteiger partial charge in [-0.3, -0.25) is 10.2 Å². The van der Waals surface area contributed by atoms with Crippen molar-refractivity contribution in [1.29, 1.82) is 0 Å². The number of phenols is 1. The maximum Gasteiger partial charge on any atom is 0.247 e. The second kappa shape index (κ2) is 5.98. The van der Waals surface area contributed by atoms with Crippen LogP contribution in [0, 0.1) is 6.92 Å². The molecule has 0 fully saturated rings. The number of carbonyl (C=O) groups excluding carboxylic acids is 1. The van der Waals surface area contributed by atoms with Crippen molar-refractivity contribution >= 4 is 27.5 Å². The predicted molar refractivity (Wildman–Crippen MR) is 87.7 cm³/mol. The topological polar surface area (TPSA) is 106 Å². The zero-order valence-electron chi connectivity index (χ0n) is 12.2. The third-order valence-electron chi connectivity index (χ3n) is 3.52. The van der Waals surface area contributed by atoms with Crippen molar-refractivity contribution in [1.82, 2.24) is 20.0 Å². The Kier molecular flexibility index (Phi) is 4.01. The van der Waals surface area contributed by atoms with E-state index in [1.54, 1.807) is 22.8 Å². The van der Waals surface area contributed by atoms with Crippen LogP contribution < -0.4 is 11.3 Å². The Bertz CT molecular complexity index is 893. The maximum absolute atomic E-state index is 12.4. The summed E-state index contributed by atoms with van der Waals surface area (Å²) in [6.07, 6.45) is 1.56. The Hall–Kier alpha value is -2.45. The second-order valence-electron chi connectivity index (χ2n) is 5.07. The molecule has 7 nitrogen and oxygen atoms in total. The SMILES string of the molecule is Cc1ccc2ncc(C(C(=O)NN)c3cc(Br)ccc3O)n2n1. The molecule has 0 aliphatic carbocycles. The minimum atomic E-state index is -0.846. The van der Waals surface area contributed by atoms with E-state index in [1.165, 1.54) is 6.07 Å². The molecule has 1 unspecified atom stereocenters. The van der Waals surface area contributed by atoms with E-state index >= 15 is 0 Å². The van der Waals surface area contributed by atoms with Crippen LogP contribution in [0.15, 0.2) is 41.0 Å². The number of hydrazine groups is 1. The van der Waals surface area contributed by atoms with E-state index in [1.807, 2.05) is 19.1 Å². The van der Waals surface area contributed by atoms with Gasteiger partial charge in [-0.25, -0.2) is 15.3 Å². The van der Waals surface area contributed by atoms with Gasteiger partial charge in [0.05, 0.1) is 17.6 Å². The fourth-order valence-corrected chi connectivity index (χ4v) is 2.83. The van der Waals surface area contributed by atoms with Crippen molar-refractivity contribution in [3.63, 3.8) is 0 Å². The summed E-state index contributed by atoms with van der Waals surface area (Å²) >= 11 is 3.35. The summed E-state index contributed by atoms with van der Waals surface area (Å²) in [4.78, 5) is 16.6. The number of aromatic nitrogens is 3. The van der Waals surface area contributed by atoms with Crippen molar-refractivity contribution < 1.29 is 9.90 Å². The standard InChI is InChI=1S/C15H14BrN5O2/c1-8-2-5-13-18-7-11(21(13)20-8)14(15(23)19-17)10-6-9(16)3-4-12(10)22/h2-7,14,22H,17H2,1H3,(H,19,23). The maximum atomic E-state index is 12.4. The molecule has 4 N–H and O–H groups in total. The van der Waals surface area contributed by atoms with E-state index < -0.39 is 11.8 Å². The van der Waals surface area contributed by atoms with Gasteiger partial charge in [0.25, 0.3) is 0 Å². The Morgan fingerprint density at radius 1 is 1.39 bits per heavy atom. The second-order valence-corrected chi connectivity index (χ2v) is 5.99. The number of aromatic hydroxyl groups is 1. The van der Waals surface area contributed by atoms with Crippen LogP contribution in [0.2, 0.25) is 0 Å². The number of nitrogens with two attached hydrogens (primary N) is 1. The summed E-state index contributed by atoms with van der Waals surface area (Å²) in [5, 5.41) is 14.6. The molecular formula is C15H14BrN5O2. The minimum absolute atomic E-state index is 0.00981. The van der Waals surface area contributed by atoms with E-state index in [-0.39, 0.29) is 5.75 Å². The molecule has 0 saturated heterocycles. The van der Waals surface area contributed by atoms with Crippen LogP contribution in [0.1, 0.15) is 22.9 Å². The highest BCUT2D eigenvalue weighted by Gasteiger charge is 2.28. The number of amides is 1. The molecule has 0 aliphatic heterocycles. The molecule has 2 aromatic heterocycles. The first-order chi connectivity index (χ1) is 11.0. The zero-order chi connectivity index (χ0) is 16.6. The van der Waals surface area contributed by atoms with Gasteiger partial charge in [-0.1, -0.05) is 15.9 Å². The molecule has 1 amide bonds. The van der Waals surface area contributed by atoms with Crippen LogP contribution in [0.3, 0.4) is 0 Å². The van der Waals surface area contributed by atoms with Crippen molar-refractivity contribution in [2.24, 2.45) is 5.84 Å². The Labute approximate surface area is 140 Å². The summed E-state index contributed by atoms with van der Waals surface area (Å²) in [5.74, 6) is 4.01. The third-order valence-corrected chi connectivity index (χ3v) is 4.02. The average molecular weight is 376 g/mol. The number of imidazole rings is 1. The molecule has 0 aliphatic rings. The van der Waals surface area contributed by atoms with Crippen molar-refractivity contribution in [2.75, 3.05) is 0 Å². The lowest BCUT2D eigenvalue weighted by molar-refractivity contribution is -0.121. The van der Waals surface area contributed by atoms with Crippen LogP contribution in [0.4, 0.5) is 0 Å². The fraction of sp³-hybridized carbons (Fsp3) is 0.133. The molecule has 0 radical (unpaired) electrons. The van der Waals surface area contributed by atoms with E-state index in [9.17, 15) is 9.90 Å². The number of phenolic OH excluding ortho intramolecular Hbond substituents is 1. The number of rotatable bonds is 3. The largest absolute Gasteiger partial charge is 0.508 e. The Morgan fingerprint density at radius 2 is 2.17 bits per heavy atom. The number of aryl methyl sites for hydroxylation is 1. The molecule has 0 spiro atoms. The number of nitrogens with one attached hydrogen (secondary N) is 1. The van der Waals surface area contributed by atoms with Crippen molar-refractivity contribution in [2.45, 2.75) is 12.8 Å². The fourth-order valence-electron chi connectivity index (χ4n) is 2.45. The van der Waals surface area contributed by atoms with E-state index in [0.29, 0.717) is 16.9 Å². The first kappa shape index (κ1) is 15.4. The van der Waals surface area contributed by atoms with Crippen LogP contribution in [-0.2, 0) is 4.79 Å². The number of fused-ring (bicyclic) bond motifs is 1. The smallest absolute Gasteiger partial charge is 0.247 e. The highest BCUT2D eigenvalue weighted by atomic mass is 79.9. The molecule has 3 aromatic rings. The summed E-state index contributed by atoms with van der Waals surface area (Å²) in [7, 11) is 0. The van der Waals surface area contributed by atoms with Gasteiger partial charge in [-0.05, 0) is 37.3 Å². The van der Waals surface area contributed by atoms with Crippen molar-refractivity contribution in [3.8, 4) is 5.75 Å². The van der Waals surface area contributed by atoms with Gasteiger partial charge in [0.15, 0.2) is 5.65 Å². The molecule has 3 rings (SSSR count). The van der Waals surface area contributed by atoms with Gasteiger partial charge >= 0.3 is 0 Å². The first-order valence-corrected chi connectivity index (χ1v) is 7.60. The molecule has 118 valence electrons. The number of benzene rings is 1. The average Bonchev–Trinajstić information content (AvgIpc) is 2.93. The van der Waals surface area contributed by atoms with Crippen molar-refractivity contribution in [3.05, 3.63) is 58.0 Å². The summed E-state index contributed by atoms with van der Waals surface area (Å²) in [5.41, 5.74) is 4.45. The lowest BCUT2D eigenvalue weighted by Crippen LogP contribution is -2.35. The molecule has 8 heteroatoms. The number of halogens is 1. The van der Waals surface area contributed by atoms with E-state index in [4.69, 9.17) is 5.84 Å². The molecule has 1 atom stereocenters. The van der Waals surface area contributed by atoms with Gasteiger partial charge in [-0.2, -0.15) is 5.10 Å². The Balaban J connectivity index is 2.25. The number of hydrogen-bond donors (Lipinski definition) is 3. The van der Waals surface area contributed by atoms with E-state index in [2.05, 4.69) is 31.4 Å². The number of carbonyl (C=O) groups is 1. The van der Waals surface area contributed by atoms with Gasteiger partial charge in [0, 0.05) is 10.0 Å². The van der Waals surface area contributed by atoms with Crippen LogP contribution in [0.25, 0.3) is 5.65 Å². The van der Waals surface area contributed by atoms with Crippen LogP contribution in [0.5, 0.6) is 5.75 Å². The lowest BCUT2D eigenvalue weighted by atomic mass is 9.94. The van der Waals surface area contributed by atoms with Gasteiger partial charge in [0.1, 0.15) is 11.7 Å². The molecule has 1 aromatic carbocycles. The summed E-state index contributed by atoms with van der Waals surface area (Å²) in [6, 6.07) is 8.51. The normalized spacial score (nSPS) is 12.3. The van der Waals surface area contributed by atoms with Crippen LogP contribution >= 0.6 is 15.9 Å². The molecular weight excluding hydrogens is 362 g/mol.